The van der Waals surface area contributed by atoms with E-state index in [0.29, 0.717) is 12.4 Å². The lowest BCUT2D eigenvalue weighted by Gasteiger charge is -2.38. The first kappa shape index (κ1) is 12.6. The van der Waals surface area contributed by atoms with Crippen LogP contribution in [0.25, 0.3) is 0 Å². The second-order valence-electron chi connectivity index (χ2n) is 5.07. The van der Waals surface area contributed by atoms with E-state index >= 15 is 0 Å². The predicted octanol–water partition coefficient (Wildman–Crippen LogP) is -1.21. The molecule has 0 saturated heterocycles. The molecule has 1 aliphatic carbocycles. The Kier molecular flexibility index (Phi) is 3.29. The second-order valence-corrected chi connectivity index (χ2v) is 5.07. The SMILES string of the molecule is C[C@@H](O)[C@@H]1C[C@H]2OC(N(C)C)=N[C@H]2[C@H](O)[C@H]1O. The second kappa shape index (κ2) is 4.44. The standard InChI is InChI=1S/C11H20N2O4/c1-5(14)6-4-7-8(10(16)9(6)15)12-11(17-7)13(2)3/h5-10,14-16H,4H2,1-3H3/t5-,6+,7-,8-,9+,10+/m1/s1. The molecule has 1 aliphatic heterocycles. The zero-order valence-corrected chi connectivity index (χ0v) is 10.3. The quantitative estimate of drug-likeness (QED) is 0.539. The van der Waals surface area contributed by atoms with Crippen molar-refractivity contribution in [2.45, 2.75) is 43.8 Å². The lowest BCUT2D eigenvalue weighted by molar-refractivity contribution is -0.111. The van der Waals surface area contributed by atoms with E-state index < -0.39 is 24.4 Å². The molecule has 98 valence electrons. The number of aliphatic imine (C=N–C) groups is 1. The fourth-order valence-electron chi connectivity index (χ4n) is 2.50. The first-order chi connectivity index (χ1) is 7.91. The van der Waals surface area contributed by atoms with Crippen molar-refractivity contribution in [2.24, 2.45) is 10.9 Å². The van der Waals surface area contributed by atoms with Gasteiger partial charge in [-0.05, 0) is 13.3 Å². The largest absolute Gasteiger partial charge is 0.459 e. The maximum atomic E-state index is 10.0. The molecule has 2 rings (SSSR count). The van der Waals surface area contributed by atoms with E-state index in [1.165, 1.54) is 0 Å². The van der Waals surface area contributed by atoms with Crippen molar-refractivity contribution in [3.63, 3.8) is 0 Å². The maximum Gasteiger partial charge on any atom is 0.287 e. The summed E-state index contributed by atoms with van der Waals surface area (Å²) in [5.41, 5.74) is 0. The minimum absolute atomic E-state index is 0.259. The molecule has 6 atom stereocenters. The third-order valence-corrected chi connectivity index (χ3v) is 3.54. The summed E-state index contributed by atoms with van der Waals surface area (Å²) < 4.78 is 5.62. The fraction of sp³-hybridized carbons (Fsp3) is 0.909. The Balaban J connectivity index is 2.15. The first-order valence-electron chi connectivity index (χ1n) is 5.87. The Labute approximate surface area is 101 Å². The number of hydrogen-bond acceptors (Lipinski definition) is 6. The molecular weight excluding hydrogens is 224 g/mol. The van der Waals surface area contributed by atoms with Gasteiger partial charge in [0.05, 0.1) is 12.2 Å². The van der Waals surface area contributed by atoms with Crippen LogP contribution in [0, 0.1) is 5.92 Å². The smallest absolute Gasteiger partial charge is 0.287 e. The molecule has 1 heterocycles. The van der Waals surface area contributed by atoms with E-state index in [-0.39, 0.29) is 12.0 Å². The summed E-state index contributed by atoms with van der Waals surface area (Å²) in [6.45, 7) is 1.61. The van der Waals surface area contributed by atoms with E-state index in [0.717, 1.165) is 0 Å². The van der Waals surface area contributed by atoms with Crippen LogP contribution in [0.1, 0.15) is 13.3 Å². The number of nitrogens with zero attached hydrogens (tertiary/aromatic N) is 2. The van der Waals surface area contributed by atoms with Crippen molar-refractivity contribution in [3.05, 3.63) is 0 Å². The van der Waals surface area contributed by atoms with Gasteiger partial charge in [0.25, 0.3) is 6.02 Å². The van der Waals surface area contributed by atoms with Gasteiger partial charge >= 0.3 is 0 Å². The molecule has 6 heteroatoms. The molecular formula is C11H20N2O4. The molecule has 0 radical (unpaired) electrons. The molecule has 0 aromatic rings. The zero-order chi connectivity index (χ0) is 12.7. The third kappa shape index (κ3) is 2.12. The Bertz CT molecular complexity index is 319. The van der Waals surface area contributed by atoms with Gasteiger partial charge in [-0.25, -0.2) is 4.99 Å². The Morgan fingerprint density at radius 3 is 2.53 bits per heavy atom. The lowest BCUT2D eigenvalue weighted by atomic mass is 9.77. The van der Waals surface area contributed by atoms with Gasteiger partial charge in [0.1, 0.15) is 18.2 Å². The Morgan fingerprint density at radius 1 is 1.35 bits per heavy atom. The van der Waals surface area contributed by atoms with Crippen LogP contribution in [0.2, 0.25) is 0 Å². The van der Waals surface area contributed by atoms with Gasteiger partial charge in [-0.3, -0.25) is 0 Å². The normalized spacial score (nSPS) is 42.5. The third-order valence-electron chi connectivity index (χ3n) is 3.54. The Hall–Kier alpha value is -0.850. The summed E-state index contributed by atoms with van der Waals surface area (Å²) in [5, 5.41) is 29.5. The number of rotatable bonds is 1. The summed E-state index contributed by atoms with van der Waals surface area (Å²) in [4.78, 5) is 5.99. The monoisotopic (exact) mass is 244 g/mol. The van der Waals surface area contributed by atoms with Crippen LogP contribution in [0.3, 0.4) is 0 Å². The number of aliphatic hydroxyl groups excluding tert-OH is 3. The van der Waals surface area contributed by atoms with Crippen LogP contribution in [-0.4, -0.2) is 70.8 Å². The van der Waals surface area contributed by atoms with Crippen LogP contribution in [0.15, 0.2) is 4.99 Å². The van der Waals surface area contributed by atoms with Crippen molar-refractivity contribution in [3.8, 4) is 0 Å². The Morgan fingerprint density at radius 2 is 2.00 bits per heavy atom. The molecule has 0 aromatic heterocycles. The summed E-state index contributed by atoms with van der Waals surface area (Å²) in [7, 11) is 3.62. The molecule has 0 spiro atoms. The van der Waals surface area contributed by atoms with Gasteiger partial charge in [-0.1, -0.05) is 0 Å². The van der Waals surface area contributed by atoms with Crippen molar-refractivity contribution in [2.75, 3.05) is 14.1 Å². The number of amidine groups is 1. The van der Waals surface area contributed by atoms with Gasteiger partial charge in [0.15, 0.2) is 0 Å². The van der Waals surface area contributed by atoms with Crippen molar-refractivity contribution in [1.29, 1.82) is 0 Å². The molecule has 3 N–H and O–H groups in total. The van der Waals surface area contributed by atoms with Gasteiger partial charge < -0.3 is 25.0 Å². The fourth-order valence-corrected chi connectivity index (χ4v) is 2.50. The predicted molar refractivity (Wildman–Crippen MR) is 61.6 cm³/mol. The van der Waals surface area contributed by atoms with Gasteiger partial charge in [0, 0.05) is 20.0 Å². The minimum atomic E-state index is -0.981. The van der Waals surface area contributed by atoms with Crippen molar-refractivity contribution >= 4 is 6.02 Å². The number of fused-ring (bicyclic) bond motifs is 1. The summed E-state index contributed by atoms with van der Waals surface area (Å²) in [6.07, 6.45) is -2.37. The van der Waals surface area contributed by atoms with E-state index in [1.807, 2.05) is 14.1 Å². The van der Waals surface area contributed by atoms with Crippen LogP contribution in [0.5, 0.6) is 0 Å². The molecule has 2 aliphatic rings. The molecule has 0 aromatic carbocycles. The van der Waals surface area contributed by atoms with Crippen LogP contribution in [0.4, 0.5) is 0 Å². The number of ether oxygens (including phenoxy) is 1. The van der Waals surface area contributed by atoms with E-state index in [2.05, 4.69) is 4.99 Å². The lowest BCUT2D eigenvalue weighted by Crippen LogP contribution is -2.54. The number of aliphatic hydroxyl groups is 3. The highest BCUT2D eigenvalue weighted by atomic mass is 16.5. The molecule has 0 unspecified atom stereocenters. The molecule has 1 fully saturated rings. The highest BCUT2D eigenvalue weighted by Crippen LogP contribution is 2.34. The highest BCUT2D eigenvalue weighted by Gasteiger charge is 2.49. The average Bonchev–Trinajstić information content (AvgIpc) is 2.67. The topological polar surface area (TPSA) is 85.5 Å². The molecule has 1 saturated carbocycles. The zero-order valence-electron chi connectivity index (χ0n) is 10.3. The van der Waals surface area contributed by atoms with Crippen molar-refractivity contribution < 1.29 is 20.1 Å². The molecule has 6 nitrogen and oxygen atoms in total. The van der Waals surface area contributed by atoms with E-state index in [9.17, 15) is 15.3 Å². The first-order valence-corrected chi connectivity index (χ1v) is 5.87. The number of hydrogen-bond donors (Lipinski definition) is 3. The van der Waals surface area contributed by atoms with Gasteiger partial charge in [-0.15, -0.1) is 0 Å². The maximum absolute atomic E-state index is 10.0. The minimum Gasteiger partial charge on any atom is -0.459 e. The molecule has 17 heavy (non-hydrogen) atoms. The van der Waals surface area contributed by atoms with Crippen molar-refractivity contribution in [1.82, 2.24) is 4.90 Å². The van der Waals surface area contributed by atoms with E-state index in [4.69, 9.17) is 4.74 Å². The average molecular weight is 244 g/mol. The van der Waals surface area contributed by atoms with Crippen LogP contribution >= 0.6 is 0 Å². The van der Waals surface area contributed by atoms with Crippen LogP contribution < -0.4 is 0 Å². The summed E-state index contributed by atoms with van der Waals surface area (Å²) in [6, 6.07) is 0.0369. The molecule has 0 bridgehead atoms. The van der Waals surface area contributed by atoms with E-state index in [1.54, 1.807) is 11.8 Å². The highest BCUT2D eigenvalue weighted by molar-refractivity contribution is 5.75. The van der Waals surface area contributed by atoms with Gasteiger partial charge in [-0.2, -0.15) is 0 Å². The summed E-state index contributed by atoms with van der Waals surface area (Å²) >= 11 is 0. The van der Waals surface area contributed by atoms with Crippen LogP contribution in [-0.2, 0) is 4.74 Å². The van der Waals surface area contributed by atoms with Gasteiger partial charge in [0.2, 0.25) is 0 Å². The molecule has 0 amide bonds. The summed E-state index contributed by atoms with van der Waals surface area (Å²) in [5.74, 6) is -0.372.